The molecule has 0 amide bonds. The number of carbonyl (C=O) groups is 1. The molecule has 2 N–H and O–H groups in total. The normalized spacial score (nSPS) is 25.9. The predicted molar refractivity (Wildman–Crippen MR) is 71.8 cm³/mol. The van der Waals surface area contributed by atoms with Crippen molar-refractivity contribution < 1.29 is 15.0 Å². The zero-order valence-electron chi connectivity index (χ0n) is 10.8. The minimum absolute atomic E-state index is 0.135. The number of thiophene rings is 1. The predicted octanol–water partition coefficient (Wildman–Crippen LogP) is 3.29. The van der Waals surface area contributed by atoms with E-state index in [9.17, 15) is 15.0 Å². The van der Waals surface area contributed by atoms with E-state index in [2.05, 4.69) is 0 Å². The van der Waals surface area contributed by atoms with Gasteiger partial charge in [0.1, 0.15) is 0 Å². The second kappa shape index (κ2) is 5.41. The second-order valence-electron chi connectivity index (χ2n) is 5.21. The molecule has 3 unspecified atom stereocenters. The fourth-order valence-electron chi connectivity index (χ4n) is 3.02. The molecule has 3 nitrogen and oxygen atoms in total. The summed E-state index contributed by atoms with van der Waals surface area (Å²) in [7, 11) is 0. The molecule has 1 aromatic heterocycles. The summed E-state index contributed by atoms with van der Waals surface area (Å²) in [6, 6.07) is 2.00. The maximum atomic E-state index is 11.3. The van der Waals surface area contributed by atoms with Crippen molar-refractivity contribution in [3.8, 4) is 0 Å². The fourth-order valence-corrected chi connectivity index (χ4v) is 3.99. The van der Waals surface area contributed by atoms with Crippen LogP contribution in [0.5, 0.6) is 0 Å². The summed E-state index contributed by atoms with van der Waals surface area (Å²) in [5, 5.41) is 19.8. The summed E-state index contributed by atoms with van der Waals surface area (Å²) in [6.45, 7) is 4.01. The Kier molecular flexibility index (Phi) is 4.07. The zero-order valence-corrected chi connectivity index (χ0v) is 11.7. The highest BCUT2D eigenvalue weighted by molar-refractivity contribution is 7.12. The Hall–Kier alpha value is -0.870. The highest BCUT2D eigenvalue weighted by atomic mass is 32.1. The molecule has 2 rings (SSSR count). The van der Waals surface area contributed by atoms with E-state index >= 15 is 0 Å². The van der Waals surface area contributed by atoms with Gasteiger partial charge in [-0.3, -0.25) is 4.79 Å². The topological polar surface area (TPSA) is 57.5 Å². The van der Waals surface area contributed by atoms with Crippen molar-refractivity contribution >= 4 is 17.3 Å². The molecular weight excluding hydrogens is 248 g/mol. The van der Waals surface area contributed by atoms with E-state index in [1.807, 2.05) is 19.9 Å². The molecule has 0 aliphatic heterocycles. The molecule has 1 aliphatic rings. The first-order valence-corrected chi connectivity index (χ1v) is 7.30. The number of hydrogen-bond donors (Lipinski definition) is 2. The van der Waals surface area contributed by atoms with Crippen molar-refractivity contribution in [1.82, 2.24) is 0 Å². The summed E-state index contributed by atoms with van der Waals surface area (Å²) in [5.41, 5.74) is 0.927. The van der Waals surface area contributed by atoms with Gasteiger partial charge in [0.05, 0.1) is 12.0 Å². The summed E-state index contributed by atoms with van der Waals surface area (Å²) in [4.78, 5) is 13.6. The lowest BCUT2D eigenvalue weighted by molar-refractivity contribution is -0.147. The lowest BCUT2D eigenvalue weighted by atomic mass is 9.74. The molecule has 0 bridgehead atoms. The first kappa shape index (κ1) is 13.6. The summed E-state index contributed by atoms with van der Waals surface area (Å²) in [5.74, 6) is -1.29. The van der Waals surface area contributed by atoms with Crippen LogP contribution in [0.15, 0.2) is 6.07 Å². The van der Waals surface area contributed by atoms with Gasteiger partial charge in [0.2, 0.25) is 0 Å². The van der Waals surface area contributed by atoms with Gasteiger partial charge < -0.3 is 10.2 Å². The molecule has 0 saturated heterocycles. The molecule has 18 heavy (non-hydrogen) atoms. The van der Waals surface area contributed by atoms with Crippen molar-refractivity contribution in [1.29, 1.82) is 0 Å². The highest BCUT2D eigenvalue weighted by Gasteiger charge is 2.36. The van der Waals surface area contributed by atoms with Gasteiger partial charge in [-0.25, -0.2) is 0 Å². The average Bonchev–Trinajstić information content (AvgIpc) is 2.67. The number of aliphatic hydroxyl groups is 1. The third-order valence-corrected chi connectivity index (χ3v) is 4.92. The molecule has 3 atom stereocenters. The highest BCUT2D eigenvalue weighted by Crippen LogP contribution is 2.41. The smallest absolute Gasteiger partial charge is 0.306 e. The molecule has 0 spiro atoms. The average molecular weight is 268 g/mol. The number of aliphatic hydroxyl groups excluding tert-OH is 1. The Morgan fingerprint density at radius 1 is 1.39 bits per heavy atom. The van der Waals surface area contributed by atoms with Crippen LogP contribution in [0.1, 0.15) is 47.1 Å². The molecule has 100 valence electrons. The fraction of sp³-hybridized carbons (Fsp3) is 0.643. The van der Waals surface area contributed by atoms with Gasteiger partial charge in [-0.1, -0.05) is 12.8 Å². The lowest BCUT2D eigenvalue weighted by Crippen LogP contribution is -2.31. The Labute approximate surface area is 111 Å². The maximum absolute atomic E-state index is 11.3. The van der Waals surface area contributed by atoms with Crippen LogP contribution in [-0.4, -0.2) is 16.2 Å². The zero-order chi connectivity index (χ0) is 13.3. The molecular formula is C14H20O3S. The van der Waals surface area contributed by atoms with Gasteiger partial charge in [-0.2, -0.15) is 0 Å². The largest absolute Gasteiger partial charge is 0.481 e. The number of aryl methyl sites for hydroxylation is 2. The monoisotopic (exact) mass is 268 g/mol. The number of carboxylic acid groups (broad SMARTS) is 1. The van der Waals surface area contributed by atoms with E-state index in [4.69, 9.17) is 0 Å². The molecule has 1 aromatic rings. The van der Waals surface area contributed by atoms with E-state index in [0.29, 0.717) is 6.42 Å². The van der Waals surface area contributed by atoms with E-state index in [1.165, 1.54) is 4.88 Å². The van der Waals surface area contributed by atoms with Crippen LogP contribution in [-0.2, 0) is 4.79 Å². The van der Waals surface area contributed by atoms with Gasteiger partial charge in [0.25, 0.3) is 0 Å². The van der Waals surface area contributed by atoms with Crippen molar-refractivity contribution in [3.63, 3.8) is 0 Å². The van der Waals surface area contributed by atoms with Crippen LogP contribution in [0.4, 0.5) is 0 Å². The summed E-state index contributed by atoms with van der Waals surface area (Å²) in [6.07, 6.45) is 2.86. The minimum Gasteiger partial charge on any atom is -0.481 e. The Morgan fingerprint density at radius 3 is 2.61 bits per heavy atom. The van der Waals surface area contributed by atoms with Gasteiger partial charge in [-0.15, -0.1) is 11.3 Å². The van der Waals surface area contributed by atoms with E-state index < -0.39 is 18.0 Å². The van der Waals surface area contributed by atoms with E-state index in [-0.39, 0.29) is 5.92 Å². The van der Waals surface area contributed by atoms with Crippen LogP contribution in [0.2, 0.25) is 0 Å². The molecule has 1 heterocycles. The number of aliphatic carboxylic acids is 1. The van der Waals surface area contributed by atoms with E-state index in [0.717, 1.165) is 29.7 Å². The van der Waals surface area contributed by atoms with Crippen LogP contribution >= 0.6 is 11.3 Å². The van der Waals surface area contributed by atoms with Gasteiger partial charge in [0, 0.05) is 15.7 Å². The van der Waals surface area contributed by atoms with Gasteiger partial charge in [0.15, 0.2) is 0 Å². The molecule has 1 aliphatic carbocycles. The first-order valence-electron chi connectivity index (χ1n) is 6.48. The molecule has 1 saturated carbocycles. The number of rotatable bonds is 3. The summed E-state index contributed by atoms with van der Waals surface area (Å²) < 4.78 is 0. The standard InChI is InChI=1S/C14H20O3S/c1-8-7-12(9(2)18-8)13(15)10-5-3-4-6-11(10)14(16)17/h7,10-11,13,15H,3-6H2,1-2H3,(H,16,17). The first-order chi connectivity index (χ1) is 8.50. The lowest BCUT2D eigenvalue weighted by Gasteiger charge is -2.32. The quantitative estimate of drug-likeness (QED) is 0.884. The van der Waals surface area contributed by atoms with Crippen molar-refractivity contribution in [2.75, 3.05) is 0 Å². The minimum atomic E-state index is -0.761. The van der Waals surface area contributed by atoms with Crippen molar-refractivity contribution in [2.24, 2.45) is 11.8 Å². The Morgan fingerprint density at radius 2 is 2.06 bits per heavy atom. The SMILES string of the molecule is Cc1cc(C(O)C2CCCCC2C(=O)O)c(C)s1. The van der Waals surface area contributed by atoms with Crippen LogP contribution in [0.25, 0.3) is 0 Å². The maximum Gasteiger partial charge on any atom is 0.306 e. The third-order valence-electron chi connectivity index (χ3n) is 3.94. The molecule has 0 aromatic carbocycles. The Bertz CT molecular complexity index is 438. The van der Waals surface area contributed by atoms with Crippen molar-refractivity contribution in [3.05, 3.63) is 21.4 Å². The van der Waals surface area contributed by atoms with Crippen LogP contribution < -0.4 is 0 Å². The van der Waals surface area contributed by atoms with Crippen LogP contribution in [0.3, 0.4) is 0 Å². The van der Waals surface area contributed by atoms with Crippen molar-refractivity contribution in [2.45, 2.75) is 45.6 Å². The number of hydrogen-bond acceptors (Lipinski definition) is 3. The Balaban J connectivity index is 2.23. The number of carboxylic acids is 1. The van der Waals surface area contributed by atoms with Crippen LogP contribution in [0, 0.1) is 25.7 Å². The van der Waals surface area contributed by atoms with E-state index in [1.54, 1.807) is 11.3 Å². The van der Waals surface area contributed by atoms with Gasteiger partial charge in [-0.05, 0) is 38.3 Å². The third kappa shape index (κ3) is 2.59. The summed E-state index contributed by atoms with van der Waals surface area (Å²) >= 11 is 1.66. The van der Waals surface area contributed by atoms with Gasteiger partial charge >= 0.3 is 5.97 Å². The molecule has 1 fully saturated rings. The molecule has 0 radical (unpaired) electrons. The second-order valence-corrected chi connectivity index (χ2v) is 6.67. The molecule has 4 heteroatoms.